The summed E-state index contributed by atoms with van der Waals surface area (Å²) in [6.07, 6.45) is 0. The van der Waals surface area contributed by atoms with Crippen molar-refractivity contribution in [3.63, 3.8) is 0 Å². The molecule has 2 aromatic carbocycles. The highest BCUT2D eigenvalue weighted by Gasteiger charge is 2.20. The highest BCUT2D eigenvalue weighted by molar-refractivity contribution is 14.1. The number of halogens is 4. The molecule has 0 bridgehead atoms. The van der Waals surface area contributed by atoms with Crippen LogP contribution in [0.3, 0.4) is 0 Å². The molecule has 1 unspecified atom stereocenters. The summed E-state index contributed by atoms with van der Waals surface area (Å²) in [6.45, 7) is 2.00. The summed E-state index contributed by atoms with van der Waals surface area (Å²) in [5.41, 5.74) is 2.64. The third kappa shape index (κ3) is 2.97. The highest BCUT2D eigenvalue weighted by atomic mass is 127. The second-order valence-corrected chi connectivity index (χ2v) is 5.97. The van der Waals surface area contributed by atoms with Gasteiger partial charge in [0, 0.05) is 8.59 Å². The van der Waals surface area contributed by atoms with Gasteiger partial charge in [-0.25, -0.2) is 8.78 Å². The van der Waals surface area contributed by atoms with Crippen molar-refractivity contribution in [1.29, 1.82) is 0 Å². The molecule has 1 nitrogen and oxygen atoms in total. The largest absolute Gasteiger partial charge is 0.309 e. The van der Waals surface area contributed by atoms with Crippen LogP contribution in [0.25, 0.3) is 0 Å². The second kappa shape index (κ2) is 6.37. The fourth-order valence-corrected chi connectivity index (χ4v) is 3.06. The molecule has 1 atom stereocenters. The zero-order valence-electron chi connectivity index (χ0n) is 11.0. The fourth-order valence-electron chi connectivity index (χ4n) is 2.13. The molecule has 20 heavy (non-hydrogen) atoms. The number of hydrogen-bond donors (Lipinski definition) is 1. The highest BCUT2D eigenvalue weighted by Crippen LogP contribution is 2.33. The van der Waals surface area contributed by atoms with Crippen LogP contribution < -0.4 is 5.32 Å². The van der Waals surface area contributed by atoms with E-state index in [0.717, 1.165) is 26.8 Å². The Morgan fingerprint density at radius 1 is 1.15 bits per heavy atom. The van der Waals surface area contributed by atoms with Gasteiger partial charge in [-0.05, 0) is 65.4 Å². The van der Waals surface area contributed by atoms with Crippen LogP contribution in [0.4, 0.5) is 8.78 Å². The molecule has 0 amide bonds. The Bertz CT molecular complexity index is 646. The summed E-state index contributed by atoms with van der Waals surface area (Å²) in [5, 5.41) is 3.32. The van der Waals surface area contributed by atoms with Crippen LogP contribution in [0.15, 0.2) is 30.3 Å². The standard InChI is InChI=1S/C15H13ClF2IN/c1-8-4-3-5-9(14(8)19)15(20-2)10-6-12(17)13(18)7-11(10)16/h3-7,15,20H,1-2H3. The molecule has 2 aromatic rings. The van der Waals surface area contributed by atoms with Gasteiger partial charge in [-0.1, -0.05) is 29.8 Å². The van der Waals surface area contributed by atoms with E-state index in [4.69, 9.17) is 11.6 Å². The monoisotopic (exact) mass is 407 g/mol. The third-order valence-corrected chi connectivity index (χ3v) is 4.97. The maximum Gasteiger partial charge on any atom is 0.160 e. The van der Waals surface area contributed by atoms with Gasteiger partial charge in [-0.2, -0.15) is 0 Å². The van der Waals surface area contributed by atoms with Crippen LogP contribution in [-0.4, -0.2) is 7.05 Å². The van der Waals surface area contributed by atoms with Crippen molar-refractivity contribution in [3.05, 3.63) is 67.2 Å². The van der Waals surface area contributed by atoms with E-state index in [-0.39, 0.29) is 11.1 Å². The molecule has 0 aliphatic carbocycles. The van der Waals surface area contributed by atoms with Crippen LogP contribution in [0.5, 0.6) is 0 Å². The van der Waals surface area contributed by atoms with Crippen LogP contribution in [0.1, 0.15) is 22.7 Å². The smallest absolute Gasteiger partial charge is 0.160 e. The Hall–Kier alpha value is -0.720. The summed E-state index contributed by atoms with van der Waals surface area (Å²) in [7, 11) is 1.76. The normalized spacial score (nSPS) is 12.5. The Kier molecular flexibility index (Phi) is 4.99. The van der Waals surface area contributed by atoms with Crippen LogP contribution in [0.2, 0.25) is 5.02 Å². The van der Waals surface area contributed by atoms with Gasteiger partial charge in [0.1, 0.15) is 0 Å². The van der Waals surface area contributed by atoms with Gasteiger partial charge in [-0.3, -0.25) is 0 Å². The van der Waals surface area contributed by atoms with Gasteiger partial charge in [0.15, 0.2) is 11.6 Å². The van der Waals surface area contributed by atoms with Crippen molar-refractivity contribution < 1.29 is 8.78 Å². The van der Waals surface area contributed by atoms with Gasteiger partial charge in [0.25, 0.3) is 0 Å². The minimum absolute atomic E-state index is 0.209. The molecule has 0 spiro atoms. The predicted molar refractivity (Wildman–Crippen MR) is 86.2 cm³/mol. The summed E-state index contributed by atoms with van der Waals surface area (Å²) >= 11 is 8.31. The molecule has 0 saturated carbocycles. The summed E-state index contributed by atoms with van der Waals surface area (Å²) < 4.78 is 27.8. The molecular formula is C15H13ClF2IN. The molecule has 0 fully saturated rings. The Morgan fingerprint density at radius 2 is 1.80 bits per heavy atom. The van der Waals surface area contributed by atoms with E-state index in [1.54, 1.807) is 7.05 Å². The number of rotatable bonds is 3. The maximum absolute atomic E-state index is 13.5. The van der Waals surface area contributed by atoms with E-state index in [0.29, 0.717) is 5.56 Å². The minimum Gasteiger partial charge on any atom is -0.309 e. The Morgan fingerprint density at radius 3 is 2.45 bits per heavy atom. The van der Waals surface area contributed by atoms with E-state index in [2.05, 4.69) is 27.9 Å². The molecule has 1 N–H and O–H groups in total. The lowest BCUT2D eigenvalue weighted by atomic mass is 9.97. The van der Waals surface area contributed by atoms with E-state index >= 15 is 0 Å². The first kappa shape index (κ1) is 15.7. The molecule has 0 aromatic heterocycles. The van der Waals surface area contributed by atoms with Crippen LogP contribution in [-0.2, 0) is 0 Å². The molecule has 106 valence electrons. The molecule has 0 heterocycles. The molecule has 2 rings (SSSR count). The first-order chi connectivity index (χ1) is 9.45. The van der Waals surface area contributed by atoms with Gasteiger partial charge >= 0.3 is 0 Å². The topological polar surface area (TPSA) is 12.0 Å². The van der Waals surface area contributed by atoms with E-state index in [9.17, 15) is 8.78 Å². The second-order valence-electron chi connectivity index (χ2n) is 4.49. The summed E-state index contributed by atoms with van der Waals surface area (Å²) in [5.74, 6) is -1.83. The van der Waals surface area contributed by atoms with Gasteiger partial charge in [-0.15, -0.1) is 0 Å². The third-order valence-electron chi connectivity index (χ3n) is 3.17. The number of nitrogens with one attached hydrogen (secondary N) is 1. The number of benzene rings is 2. The first-order valence-corrected chi connectivity index (χ1v) is 7.48. The van der Waals surface area contributed by atoms with E-state index < -0.39 is 11.6 Å². The quantitative estimate of drug-likeness (QED) is 0.567. The lowest BCUT2D eigenvalue weighted by Gasteiger charge is -2.21. The van der Waals surface area contributed by atoms with Crippen molar-refractivity contribution in [1.82, 2.24) is 5.32 Å². The Balaban J connectivity index is 2.58. The Labute approximate surface area is 135 Å². The zero-order chi connectivity index (χ0) is 14.9. The summed E-state index contributed by atoms with van der Waals surface area (Å²) in [4.78, 5) is 0. The van der Waals surface area contributed by atoms with Gasteiger partial charge < -0.3 is 5.32 Å². The van der Waals surface area contributed by atoms with E-state index in [1.165, 1.54) is 0 Å². The SMILES string of the molecule is CNC(c1cc(F)c(F)cc1Cl)c1cccc(C)c1I. The number of hydrogen-bond acceptors (Lipinski definition) is 1. The van der Waals surface area contributed by atoms with Crippen molar-refractivity contribution in [2.24, 2.45) is 0 Å². The van der Waals surface area contributed by atoms with Crippen molar-refractivity contribution in [2.45, 2.75) is 13.0 Å². The molecule has 0 saturated heterocycles. The lowest BCUT2D eigenvalue weighted by molar-refractivity contribution is 0.505. The maximum atomic E-state index is 13.5. The zero-order valence-corrected chi connectivity index (χ0v) is 13.9. The average Bonchev–Trinajstić information content (AvgIpc) is 2.41. The lowest BCUT2D eigenvalue weighted by Crippen LogP contribution is -2.20. The van der Waals surface area contributed by atoms with Crippen LogP contribution >= 0.6 is 34.2 Å². The van der Waals surface area contributed by atoms with Crippen molar-refractivity contribution >= 4 is 34.2 Å². The van der Waals surface area contributed by atoms with Gasteiger partial charge in [0.2, 0.25) is 0 Å². The average molecular weight is 408 g/mol. The molecule has 0 aliphatic heterocycles. The molecule has 5 heteroatoms. The van der Waals surface area contributed by atoms with Crippen LogP contribution in [0, 0.1) is 22.1 Å². The molecule has 0 radical (unpaired) electrons. The van der Waals surface area contributed by atoms with Crippen molar-refractivity contribution in [2.75, 3.05) is 7.05 Å². The minimum atomic E-state index is -0.937. The molecular weight excluding hydrogens is 395 g/mol. The first-order valence-electron chi connectivity index (χ1n) is 6.02. The summed E-state index contributed by atoms with van der Waals surface area (Å²) in [6, 6.07) is 7.77. The number of aryl methyl sites for hydroxylation is 1. The predicted octanol–water partition coefficient (Wildman–Crippen LogP) is 4.84. The molecule has 0 aliphatic rings. The van der Waals surface area contributed by atoms with Crippen molar-refractivity contribution in [3.8, 4) is 0 Å². The fraction of sp³-hybridized carbons (Fsp3) is 0.200. The van der Waals surface area contributed by atoms with E-state index in [1.807, 2.05) is 25.1 Å². The van der Waals surface area contributed by atoms with Gasteiger partial charge in [0.05, 0.1) is 6.04 Å².